The molecule has 1 heterocycles. The Balaban J connectivity index is 1.55. The van der Waals surface area contributed by atoms with Crippen molar-refractivity contribution in [3.8, 4) is 11.5 Å². The molecule has 1 saturated heterocycles. The molecule has 8 nitrogen and oxygen atoms in total. The van der Waals surface area contributed by atoms with Crippen molar-refractivity contribution in [1.29, 1.82) is 0 Å². The van der Waals surface area contributed by atoms with Gasteiger partial charge >= 0.3 is 0 Å². The van der Waals surface area contributed by atoms with E-state index < -0.39 is 10.0 Å². The number of methoxy groups -OCH3 is 2. The first kappa shape index (κ1) is 22.4. The number of amides is 1. The fraction of sp³-hybridized carbons (Fsp3) is 0.350. The fourth-order valence-corrected chi connectivity index (χ4v) is 4.85. The maximum absolute atomic E-state index is 12.8. The maximum atomic E-state index is 12.8. The third-order valence-corrected chi connectivity index (χ3v) is 7.09. The highest BCUT2D eigenvalue weighted by Gasteiger charge is 2.31. The number of rotatable bonds is 7. The molecule has 2 aromatic carbocycles. The number of sulfonamides is 1. The van der Waals surface area contributed by atoms with Gasteiger partial charge in [0.05, 0.1) is 45.3 Å². The van der Waals surface area contributed by atoms with Gasteiger partial charge in [-0.15, -0.1) is 0 Å². The molecule has 1 fully saturated rings. The second-order valence-electron chi connectivity index (χ2n) is 6.93. The number of nitrogens with one attached hydrogen (secondary N) is 2. The molecule has 10 heteroatoms. The third-order valence-electron chi connectivity index (χ3n) is 4.93. The van der Waals surface area contributed by atoms with E-state index >= 15 is 0 Å². The van der Waals surface area contributed by atoms with Crippen LogP contribution in [0.4, 0.5) is 5.69 Å². The van der Waals surface area contributed by atoms with Crippen LogP contribution in [0.25, 0.3) is 0 Å². The number of hydrogen-bond acceptors (Lipinski definition) is 5. The number of piperazine rings is 1. The van der Waals surface area contributed by atoms with Gasteiger partial charge in [0.25, 0.3) is 5.91 Å². The van der Waals surface area contributed by atoms with E-state index in [1.54, 1.807) is 44.6 Å². The lowest BCUT2D eigenvalue weighted by Crippen LogP contribution is -3.15. The van der Waals surface area contributed by atoms with Gasteiger partial charge in [-0.05, 0) is 24.3 Å². The van der Waals surface area contributed by atoms with Crippen molar-refractivity contribution in [2.75, 3.05) is 52.3 Å². The molecule has 2 N–H and O–H groups in total. The minimum absolute atomic E-state index is 0.158. The number of ether oxygens (including phenoxy) is 2. The Morgan fingerprint density at radius 3 is 2.17 bits per heavy atom. The van der Waals surface area contributed by atoms with E-state index in [0.29, 0.717) is 48.4 Å². The van der Waals surface area contributed by atoms with E-state index in [0.717, 1.165) is 4.90 Å². The summed E-state index contributed by atoms with van der Waals surface area (Å²) in [6, 6.07) is 11.3. The van der Waals surface area contributed by atoms with Crippen LogP contribution in [-0.2, 0) is 14.8 Å². The molecular formula is C20H25ClN3O5S+. The van der Waals surface area contributed by atoms with E-state index in [9.17, 15) is 13.2 Å². The lowest BCUT2D eigenvalue weighted by molar-refractivity contribution is -0.895. The highest BCUT2D eigenvalue weighted by molar-refractivity contribution is 7.89. The molecule has 0 spiro atoms. The Morgan fingerprint density at radius 2 is 1.63 bits per heavy atom. The summed E-state index contributed by atoms with van der Waals surface area (Å²) in [5.41, 5.74) is 0.583. The van der Waals surface area contributed by atoms with E-state index in [1.165, 1.54) is 16.4 Å². The minimum atomic E-state index is -3.56. The van der Waals surface area contributed by atoms with Crippen molar-refractivity contribution in [3.63, 3.8) is 0 Å². The summed E-state index contributed by atoms with van der Waals surface area (Å²) in [5, 5.41) is 3.34. The van der Waals surface area contributed by atoms with Crippen molar-refractivity contribution in [1.82, 2.24) is 4.31 Å². The van der Waals surface area contributed by atoms with Gasteiger partial charge in [0.2, 0.25) is 10.0 Å². The van der Waals surface area contributed by atoms with Gasteiger partial charge in [0, 0.05) is 28.9 Å². The first-order chi connectivity index (χ1) is 14.3. The number of hydrogen-bond donors (Lipinski definition) is 2. The molecule has 0 atom stereocenters. The summed E-state index contributed by atoms with van der Waals surface area (Å²) in [6.07, 6.45) is 0. The summed E-state index contributed by atoms with van der Waals surface area (Å²) in [7, 11) is -0.474. The summed E-state index contributed by atoms with van der Waals surface area (Å²) in [4.78, 5) is 13.7. The van der Waals surface area contributed by atoms with Gasteiger partial charge in [0.15, 0.2) is 6.54 Å². The van der Waals surface area contributed by atoms with E-state index in [1.807, 2.05) is 0 Å². The molecule has 1 aliphatic rings. The average molecular weight is 455 g/mol. The molecule has 2 aromatic rings. The molecule has 0 aliphatic carbocycles. The Morgan fingerprint density at radius 1 is 1.07 bits per heavy atom. The van der Waals surface area contributed by atoms with E-state index in [4.69, 9.17) is 21.1 Å². The highest BCUT2D eigenvalue weighted by atomic mass is 35.5. The van der Waals surface area contributed by atoms with Crippen LogP contribution in [-0.4, -0.2) is 65.6 Å². The summed E-state index contributed by atoms with van der Waals surface area (Å²) in [6.45, 7) is 2.03. The molecule has 162 valence electrons. The van der Waals surface area contributed by atoms with Gasteiger partial charge in [0.1, 0.15) is 11.5 Å². The zero-order valence-corrected chi connectivity index (χ0v) is 18.4. The molecule has 0 saturated carbocycles. The molecule has 1 aliphatic heterocycles. The Labute approximate surface area is 181 Å². The lowest BCUT2D eigenvalue weighted by Gasteiger charge is -2.31. The van der Waals surface area contributed by atoms with Crippen molar-refractivity contribution >= 4 is 33.2 Å². The normalized spacial score (nSPS) is 15.6. The van der Waals surface area contributed by atoms with Crippen LogP contribution in [0, 0.1) is 0 Å². The number of carbonyl (C=O) groups excluding carboxylic acids is 1. The molecule has 0 aromatic heterocycles. The highest BCUT2D eigenvalue weighted by Crippen LogP contribution is 2.25. The fourth-order valence-electron chi connectivity index (χ4n) is 3.29. The molecule has 30 heavy (non-hydrogen) atoms. The van der Waals surface area contributed by atoms with Crippen LogP contribution in [0.5, 0.6) is 11.5 Å². The average Bonchev–Trinajstić information content (AvgIpc) is 2.74. The van der Waals surface area contributed by atoms with Gasteiger partial charge < -0.3 is 19.7 Å². The monoisotopic (exact) mass is 454 g/mol. The molecule has 0 unspecified atom stereocenters. The number of nitrogens with zero attached hydrogens (tertiary/aromatic N) is 1. The molecule has 0 bridgehead atoms. The van der Waals surface area contributed by atoms with Gasteiger partial charge in [-0.1, -0.05) is 11.6 Å². The number of anilines is 1. The molecule has 1 amide bonds. The Bertz CT molecular complexity index is 968. The maximum Gasteiger partial charge on any atom is 0.279 e. The van der Waals surface area contributed by atoms with E-state index in [-0.39, 0.29) is 17.3 Å². The molecule has 3 rings (SSSR count). The summed E-state index contributed by atoms with van der Waals surface area (Å²) < 4.78 is 37.4. The smallest absolute Gasteiger partial charge is 0.279 e. The van der Waals surface area contributed by atoms with Crippen LogP contribution >= 0.6 is 11.6 Å². The SMILES string of the molecule is COc1cc(NC(=O)C[NH+]2CCN(S(=O)(=O)c3ccc(Cl)cc3)CC2)cc(OC)c1. The number of halogens is 1. The lowest BCUT2D eigenvalue weighted by atomic mass is 10.2. The van der Waals surface area contributed by atoms with Crippen molar-refractivity contribution in [3.05, 3.63) is 47.5 Å². The topological polar surface area (TPSA) is 89.4 Å². The predicted octanol–water partition coefficient (Wildman–Crippen LogP) is 0.885. The van der Waals surface area contributed by atoms with Crippen LogP contribution in [0.1, 0.15) is 0 Å². The molecular weight excluding hydrogens is 430 g/mol. The zero-order valence-electron chi connectivity index (χ0n) is 16.9. The zero-order chi connectivity index (χ0) is 21.7. The van der Waals surface area contributed by atoms with Crippen LogP contribution in [0.15, 0.2) is 47.4 Å². The number of benzene rings is 2. The first-order valence-corrected chi connectivity index (χ1v) is 11.3. The summed E-state index contributed by atoms with van der Waals surface area (Å²) in [5.74, 6) is 1.00. The van der Waals surface area contributed by atoms with Crippen LogP contribution < -0.4 is 19.7 Å². The van der Waals surface area contributed by atoms with Gasteiger partial charge in [-0.2, -0.15) is 4.31 Å². The number of carbonyl (C=O) groups is 1. The van der Waals surface area contributed by atoms with Crippen molar-refractivity contribution in [2.45, 2.75) is 4.90 Å². The van der Waals surface area contributed by atoms with Crippen LogP contribution in [0.2, 0.25) is 5.02 Å². The first-order valence-electron chi connectivity index (χ1n) is 9.44. The minimum Gasteiger partial charge on any atom is -0.497 e. The quantitative estimate of drug-likeness (QED) is 0.648. The summed E-state index contributed by atoms with van der Waals surface area (Å²) >= 11 is 5.84. The Kier molecular flexibility index (Phi) is 7.19. The number of quaternary nitrogens is 1. The van der Waals surface area contributed by atoms with E-state index in [2.05, 4.69) is 5.32 Å². The molecule has 0 radical (unpaired) electrons. The second-order valence-corrected chi connectivity index (χ2v) is 9.31. The van der Waals surface area contributed by atoms with Crippen molar-refractivity contribution in [2.24, 2.45) is 0 Å². The predicted molar refractivity (Wildman–Crippen MR) is 114 cm³/mol. The Hall–Kier alpha value is -2.33. The van der Waals surface area contributed by atoms with Crippen LogP contribution in [0.3, 0.4) is 0 Å². The standard InChI is InChI=1S/C20H24ClN3O5S/c1-28-17-11-16(12-18(13-17)29-2)22-20(25)14-23-7-9-24(10-8-23)30(26,27)19-5-3-15(21)4-6-19/h3-6,11-13H,7-10,14H2,1-2H3,(H,22,25)/p+1. The van der Waals surface area contributed by atoms with Gasteiger partial charge in [-0.3, -0.25) is 4.79 Å². The largest absolute Gasteiger partial charge is 0.497 e. The third kappa shape index (κ3) is 5.42. The van der Waals surface area contributed by atoms with Gasteiger partial charge in [-0.25, -0.2) is 8.42 Å². The second kappa shape index (κ2) is 9.65. The van der Waals surface area contributed by atoms with Crippen molar-refractivity contribution < 1.29 is 27.6 Å².